The number of ether oxygens (including phenoxy) is 1. The number of thioether (sulfide) groups is 1. The number of hydrogen-bond acceptors (Lipinski definition) is 4. The fourth-order valence-corrected chi connectivity index (χ4v) is 2.14. The number of thiocarbonyl (C=S) groups is 1. The minimum Gasteiger partial charge on any atom is -0.462 e. The first-order valence-electron chi connectivity index (χ1n) is 5.72. The second-order valence-corrected chi connectivity index (χ2v) is 5.61. The Hall–Kier alpha value is -1.07. The van der Waals surface area contributed by atoms with Gasteiger partial charge < -0.3 is 10.1 Å². The van der Waals surface area contributed by atoms with Gasteiger partial charge in [-0.05, 0) is 19.4 Å². The first-order valence-corrected chi connectivity index (χ1v) is 7.11. The molecule has 0 fully saturated rings. The minimum atomic E-state index is -0.285. The lowest BCUT2D eigenvalue weighted by Crippen LogP contribution is -2.29. The van der Waals surface area contributed by atoms with Crippen molar-refractivity contribution in [3.05, 3.63) is 35.9 Å². The number of hydrogen-bond donors (Lipinski definition) is 1. The van der Waals surface area contributed by atoms with Gasteiger partial charge in [0, 0.05) is 5.75 Å². The first kappa shape index (κ1) is 15.0. The highest BCUT2D eigenvalue weighted by Gasteiger charge is 2.06. The zero-order valence-corrected chi connectivity index (χ0v) is 12.1. The van der Waals surface area contributed by atoms with E-state index in [2.05, 4.69) is 5.32 Å². The minimum absolute atomic E-state index is 0.0927. The molecule has 0 amide bonds. The summed E-state index contributed by atoms with van der Waals surface area (Å²) in [5.41, 5.74) is 1.21. The predicted molar refractivity (Wildman–Crippen MR) is 79.6 cm³/mol. The monoisotopic (exact) mass is 283 g/mol. The summed E-state index contributed by atoms with van der Waals surface area (Å²) in [7, 11) is 0. The molecule has 1 N–H and O–H groups in total. The molecule has 0 aliphatic rings. The molecule has 18 heavy (non-hydrogen) atoms. The van der Waals surface area contributed by atoms with Crippen molar-refractivity contribution in [2.24, 2.45) is 0 Å². The van der Waals surface area contributed by atoms with E-state index in [0.717, 1.165) is 5.75 Å². The zero-order chi connectivity index (χ0) is 13.4. The predicted octanol–water partition coefficient (Wildman–Crippen LogP) is 2.75. The fraction of sp³-hybridized carbons (Fsp3) is 0.385. The summed E-state index contributed by atoms with van der Waals surface area (Å²) in [4.78, 5) is 11.3. The van der Waals surface area contributed by atoms with Crippen molar-refractivity contribution in [2.75, 3.05) is 6.54 Å². The average Bonchev–Trinajstić information content (AvgIpc) is 2.34. The van der Waals surface area contributed by atoms with Crippen LogP contribution in [0.5, 0.6) is 0 Å². The molecule has 1 rings (SSSR count). The van der Waals surface area contributed by atoms with Crippen LogP contribution in [0.1, 0.15) is 19.4 Å². The number of rotatable bonds is 5. The van der Waals surface area contributed by atoms with E-state index in [1.54, 1.807) is 0 Å². The second-order valence-electron chi connectivity index (χ2n) is 3.95. The molecule has 0 atom stereocenters. The summed E-state index contributed by atoms with van der Waals surface area (Å²) < 4.78 is 5.60. The van der Waals surface area contributed by atoms with Gasteiger partial charge in [-0.3, -0.25) is 4.79 Å². The summed E-state index contributed by atoms with van der Waals surface area (Å²) in [5, 5.41) is 2.88. The maximum Gasteiger partial charge on any atom is 0.325 e. The molecular weight excluding hydrogens is 266 g/mol. The molecule has 0 heterocycles. The Labute approximate surface area is 117 Å². The third kappa shape index (κ3) is 6.61. The van der Waals surface area contributed by atoms with Crippen molar-refractivity contribution in [1.29, 1.82) is 0 Å². The van der Waals surface area contributed by atoms with Crippen LogP contribution in [0, 0.1) is 0 Å². The summed E-state index contributed by atoms with van der Waals surface area (Å²) in [6.07, 6.45) is -0.0927. The van der Waals surface area contributed by atoms with Crippen molar-refractivity contribution in [3.63, 3.8) is 0 Å². The number of nitrogens with one attached hydrogen (secondary N) is 1. The molecule has 5 heteroatoms. The third-order valence-corrected chi connectivity index (χ3v) is 3.34. The molecule has 0 radical (unpaired) electrons. The SMILES string of the molecule is CC(C)OC(=O)CNC(=S)SCc1ccccc1. The third-order valence-electron chi connectivity index (χ3n) is 1.96. The van der Waals surface area contributed by atoms with Gasteiger partial charge in [-0.1, -0.05) is 54.3 Å². The lowest BCUT2D eigenvalue weighted by molar-refractivity contribution is -0.145. The number of carbonyl (C=O) groups is 1. The Morgan fingerprint density at radius 1 is 1.39 bits per heavy atom. The van der Waals surface area contributed by atoms with Gasteiger partial charge in [0.2, 0.25) is 0 Å². The van der Waals surface area contributed by atoms with E-state index in [0.29, 0.717) is 4.32 Å². The van der Waals surface area contributed by atoms with Gasteiger partial charge in [0.15, 0.2) is 0 Å². The number of esters is 1. The van der Waals surface area contributed by atoms with Gasteiger partial charge in [0.1, 0.15) is 10.9 Å². The largest absolute Gasteiger partial charge is 0.462 e. The van der Waals surface area contributed by atoms with E-state index in [-0.39, 0.29) is 18.6 Å². The van der Waals surface area contributed by atoms with Crippen LogP contribution in [-0.2, 0) is 15.3 Å². The lowest BCUT2D eigenvalue weighted by atomic mass is 10.2. The molecule has 0 aliphatic carbocycles. The van der Waals surface area contributed by atoms with Crippen LogP contribution in [0.3, 0.4) is 0 Å². The van der Waals surface area contributed by atoms with Crippen LogP contribution in [0.15, 0.2) is 30.3 Å². The van der Waals surface area contributed by atoms with E-state index < -0.39 is 0 Å². The Bertz CT molecular complexity index is 393. The zero-order valence-electron chi connectivity index (χ0n) is 10.5. The van der Waals surface area contributed by atoms with Crippen molar-refractivity contribution in [2.45, 2.75) is 25.7 Å². The van der Waals surface area contributed by atoms with Crippen LogP contribution in [0.2, 0.25) is 0 Å². The molecular formula is C13H17NO2S2. The standard InChI is InChI=1S/C13H17NO2S2/c1-10(2)16-12(15)8-14-13(17)18-9-11-6-4-3-5-7-11/h3-7,10H,8-9H2,1-2H3,(H,14,17). The second kappa shape index (κ2) is 8.11. The van der Waals surface area contributed by atoms with Gasteiger partial charge in [-0.25, -0.2) is 0 Å². The molecule has 0 unspecified atom stereocenters. The van der Waals surface area contributed by atoms with Crippen LogP contribution in [0.4, 0.5) is 0 Å². The van der Waals surface area contributed by atoms with Gasteiger partial charge in [0.05, 0.1) is 6.10 Å². The van der Waals surface area contributed by atoms with Gasteiger partial charge in [-0.2, -0.15) is 0 Å². The van der Waals surface area contributed by atoms with Crippen LogP contribution in [0.25, 0.3) is 0 Å². The molecule has 1 aromatic carbocycles. The van der Waals surface area contributed by atoms with E-state index in [4.69, 9.17) is 17.0 Å². The van der Waals surface area contributed by atoms with Crippen LogP contribution >= 0.6 is 24.0 Å². The van der Waals surface area contributed by atoms with Gasteiger partial charge >= 0.3 is 5.97 Å². The van der Waals surface area contributed by atoms with Crippen LogP contribution in [-0.4, -0.2) is 22.9 Å². The molecule has 0 spiro atoms. The quantitative estimate of drug-likeness (QED) is 0.664. The highest BCUT2D eigenvalue weighted by atomic mass is 32.2. The van der Waals surface area contributed by atoms with E-state index in [1.165, 1.54) is 17.3 Å². The Morgan fingerprint density at radius 2 is 2.06 bits per heavy atom. The van der Waals surface area contributed by atoms with Crippen molar-refractivity contribution < 1.29 is 9.53 Å². The van der Waals surface area contributed by atoms with E-state index in [9.17, 15) is 4.79 Å². The Balaban J connectivity index is 2.20. The summed E-state index contributed by atoms with van der Waals surface area (Å²) in [6.45, 7) is 3.76. The number of benzene rings is 1. The van der Waals surface area contributed by atoms with Gasteiger partial charge in [-0.15, -0.1) is 0 Å². The maximum absolute atomic E-state index is 11.3. The fourth-order valence-electron chi connectivity index (χ4n) is 1.22. The Kier molecular flexibility index (Phi) is 6.75. The van der Waals surface area contributed by atoms with Crippen molar-refractivity contribution in [1.82, 2.24) is 5.32 Å². The smallest absolute Gasteiger partial charge is 0.325 e. The lowest BCUT2D eigenvalue weighted by Gasteiger charge is -2.10. The summed E-state index contributed by atoms with van der Waals surface area (Å²) in [6, 6.07) is 10.1. The molecule has 0 aliphatic heterocycles. The van der Waals surface area contributed by atoms with Crippen molar-refractivity contribution >= 4 is 34.3 Å². The first-order chi connectivity index (χ1) is 8.58. The van der Waals surface area contributed by atoms with E-state index in [1.807, 2.05) is 44.2 Å². The normalized spacial score (nSPS) is 10.2. The highest BCUT2D eigenvalue weighted by Crippen LogP contribution is 2.12. The topological polar surface area (TPSA) is 38.3 Å². The molecule has 3 nitrogen and oxygen atoms in total. The number of carbonyl (C=O) groups excluding carboxylic acids is 1. The van der Waals surface area contributed by atoms with Crippen LogP contribution < -0.4 is 5.32 Å². The average molecular weight is 283 g/mol. The Morgan fingerprint density at radius 3 is 2.67 bits per heavy atom. The highest BCUT2D eigenvalue weighted by molar-refractivity contribution is 8.22. The summed E-state index contributed by atoms with van der Waals surface area (Å²) in [5.74, 6) is 0.513. The van der Waals surface area contributed by atoms with E-state index >= 15 is 0 Å². The molecule has 1 aromatic rings. The molecule has 0 saturated carbocycles. The van der Waals surface area contributed by atoms with Gasteiger partial charge in [0.25, 0.3) is 0 Å². The van der Waals surface area contributed by atoms with Crippen molar-refractivity contribution in [3.8, 4) is 0 Å². The molecule has 0 aromatic heterocycles. The molecule has 0 saturated heterocycles. The maximum atomic E-state index is 11.3. The molecule has 98 valence electrons. The summed E-state index contributed by atoms with van der Waals surface area (Å²) >= 11 is 6.63. The molecule has 0 bridgehead atoms.